The summed E-state index contributed by atoms with van der Waals surface area (Å²) in [6.45, 7) is 0.511. The van der Waals surface area contributed by atoms with Crippen molar-refractivity contribution in [2.45, 2.75) is 24.2 Å². The van der Waals surface area contributed by atoms with Crippen LogP contribution >= 0.6 is 11.8 Å². The van der Waals surface area contributed by atoms with Gasteiger partial charge in [-0.2, -0.15) is 11.8 Å². The lowest BCUT2D eigenvalue weighted by Gasteiger charge is -2.12. The van der Waals surface area contributed by atoms with E-state index in [9.17, 15) is 18.0 Å². The number of benzene rings is 2. The summed E-state index contributed by atoms with van der Waals surface area (Å²) in [5.74, 6) is 1.38. The highest BCUT2D eigenvalue weighted by molar-refractivity contribution is 7.99. The van der Waals surface area contributed by atoms with Gasteiger partial charge in [0, 0.05) is 18.4 Å². The summed E-state index contributed by atoms with van der Waals surface area (Å²) >= 11 is 1.38. The number of thioether (sulfide) groups is 1. The van der Waals surface area contributed by atoms with E-state index in [-0.39, 0.29) is 28.9 Å². The van der Waals surface area contributed by atoms with E-state index in [1.54, 1.807) is 42.5 Å². The van der Waals surface area contributed by atoms with Crippen molar-refractivity contribution in [3.63, 3.8) is 0 Å². The van der Waals surface area contributed by atoms with E-state index in [4.69, 9.17) is 9.47 Å². The Morgan fingerprint density at radius 2 is 1.68 bits per heavy atom. The zero-order valence-corrected chi connectivity index (χ0v) is 21.1. The van der Waals surface area contributed by atoms with E-state index in [1.165, 1.54) is 33.1 Å². The van der Waals surface area contributed by atoms with Gasteiger partial charge < -0.3 is 19.5 Å². The van der Waals surface area contributed by atoms with Crippen LogP contribution < -0.4 is 19.5 Å². The normalized spacial score (nSPS) is 10.9. The van der Waals surface area contributed by atoms with Crippen molar-refractivity contribution >= 4 is 39.3 Å². The molecule has 1 amide bonds. The number of ether oxygens (including phenoxy) is 3. The molecule has 2 rings (SSSR count). The number of sulfonamides is 1. The Hall–Kier alpha value is -2.92. The van der Waals surface area contributed by atoms with E-state index < -0.39 is 10.0 Å². The van der Waals surface area contributed by atoms with E-state index in [0.29, 0.717) is 42.3 Å². The zero-order valence-electron chi connectivity index (χ0n) is 19.5. The number of methoxy groups -OCH3 is 3. The molecule has 9 nitrogen and oxygen atoms in total. The summed E-state index contributed by atoms with van der Waals surface area (Å²) in [6.07, 6.45) is 1.69. The van der Waals surface area contributed by atoms with Gasteiger partial charge in [0.2, 0.25) is 5.91 Å². The Morgan fingerprint density at radius 1 is 0.971 bits per heavy atom. The lowest BCUT2D eigenvalue weighted by molar-refractivity contribution is -0.140. The van der Waals surface area contributed by atoms with Crippen molar-refractivity contribution in [1.29, 1.82) is 0 Å². The number of aryl methyl sites for hydroxylation is 1. The molecule has 0 aromatic heterocycles. The monoisotopic (exact) mass is 510 g/mol. The molecule has 0 bridgehead atoms. The Kier molecular flexibility index (Phi) is 11.0. The minimum Gasteiger partial charge on any atom is -0.493 e. The molecule has 2 aromatic carbocycles. The van der Waals surface area contributed by atoms with Crippen molar-refractivity contribution in [2.75, 3.05) is 44.1 Å². The molecule has 0 aliphatic heterocycles. The van der Waals surface area contributed by atoms with Crippen LogP contribution in [0.25, 0.3) is 0 Å². The van der Waals surface area contributed by atoms with Crippen molar-refractivity contribution in [3.05, 3.63) is 48.0 Å². The number of esters is 1. The summed E-state index contributed by atoms with van der Waals surface area (Å²) in [5, 5.41) is 2.83. The highest BCUT2D eigenvalue weighted by Gasteiger charge is 2.15. The summed E-state index contributed by atoms with van der Waals surface area (Å²) in [6, 6.07) is 11.4. The fraction of sp³-hybridized carbons (Fsp3) is 0.391. The molecular weight excluding hydrogens is 480 g/mol. The molecule has 11 heteroatoms. The van der Waals surface area contributed by atoms with Crippen LogP contribution in [0.1, 0.15) is 18.4 Å². The van der Waals surface area contributed by atoms with Crippen LogP contribution in [0.3, 0.4) is 0 Å². The SMILES string of the molecule is COC(=O)CCSCC(=O)NCCCc1ccc(S(=O)(=O)Nc2ccc(OC)c(OC)c2)cc1. The molecule has 34 heavy (non-hydrogen) atoms. The molecule has 186 valence electrons. The standard InChI is InChI=1S/C23H30N2O7S2/c1-30-20-11-8-18(15-21(20)31-2)25-34(28,29)19-9-6-17(7-10-19)5-4-13-24-22(26)16-33-14-12-23(27)32-3/h6-11,15,25H,4-5,12-14,16H2,1-3H3,(H,24,26). The number of hydrogen-bond donors (Lipinski definition) is 2. The van der Waals surface area contributed by atoms with Crippen LogP contribution in [0.2, 0.25) is 0 Å². The topological polar surface area (TPSA) is 120 Å². The lowest BCUT2D eigenvalue weighted by atomic mass is 10.1. The largest absolute Gasteiger partial charge is 0.493 e. The maximum atomic E-state index is 12.7. The van der Waals surface area contributed by atoms with E-state index >= 15 is 0 Å². The second kappa shape index (κ2) is 13.7. The quantitative estimate of drug-likeness (QED) is 0.294. The second-order valence-electron chi connectivity index (χ2n) is 7.15. The van der Waals surface area contributed by atoms with Gasteiger partial charge in [-0.05, 0) is 42.7 Å². The first kappa shape index (κ1) is 27.3. The van der Waals surface area contributed by atoms with Gasteiger partial charge in [0.1, 0.15) is 0 Å². The van der Waals surface area contributed by atoms with Gasteiger partial charge in [0.25, 0.3) is 10.0 Å². The fourth-order valence-corrected chi connectivity index (χ4v) is 4.74. The van der Waals surface area contributed by atoms with Gasteiger partial charge in [-0.25, -0.2) is 8.42 Å². The van der Waals surface area contributed by atoms with Crippen LogP contribution in [0.15, 0.2) is 47.4 Å². The van der Waals surface area contributed by atoms with Crippen molar-refractivity contribution in [1.82, 2.24) is 5.32 Å². The number of anilines is 1. The first-order valence-corrected chi connectivity index (χ1v) is 13.2. The van der Waals surface area contributed by atoms with E-state index in [2.05, 4.69) is 14.8 Å². The molecular formula is C23H30N2O7S2. The van der Waals surface area contributed by atoms with Crippen LogP contribution in [-0.2, 0) is 30.8 Å². The van der Waals surface area contributed by atoms with Crippen LogP contribution in [0.5, 0.6) is 11.5 Å². The molecule has 0 atom stereocenters. The second-order valence-corrected chi connectivity index (χ2v) is 9.94. The van der Waals surface area contributed by atoms with E-state index in [1.807, 2.05) is 0 Å². The Bertz CT molecular complexity index is 1060. The van der Waals surface area contributed by atoms with E-state index in [0.717, 1.165) is 5.56 Å². The molecule has 0 aliphatic rings. The van der Waals surface area contributed by atoms with Crippen LogP contribution in [0, 0.1) is 0 Å². The molecule has 0 heterocycles. The predicted molar refractivity (Wildman–Crippen MR) is 132 cm³/mol. The Morgan fingerprint density at radius 3 is 2.32 bits per heavy atom. The van der Waals surface area contributed by atoms with Gasteiger partial charge in [-0.1, -0.05) is 12.1 Å². The third-order valence-electron chi connectivity index (χ3n) is 4.75. The molecule has 2 N–H and O–H groups in total. The average Bonchev–Trinajstić information content (AvgIpc) is 2.84. The molecule has 0 unspecified atom stereocenters. The highest BCUT2D eigenvalue weighted by atomic mass is 32.2. The zero-order chi connectivity index (χ0) is 25.0. The fourth-order valence-electron chi connectivity index (χ4n) is 2.94. The van der Waals surface area contributed by atoms with Crippen molar-refractivity contribution < 1.29 is 32.2 Å². The van der Waals surface area contributed by atoms with Crippen molar-refractivity contribution in [2.24, 2.45) is 0 Å². The van der Waals surface area contributed by atoms with Gasteiger partial charge in [-0.15, -0.1) is 0 Å². The molecule has 0 fully saturated rings. The van der Waals surface area contributed by atoms with Crippen LogP contribution in [0.4, 0.5) is 5.69 Å². The number of rotatable bonds is 14. The number of carbonyl (C=O) groups excluding carboxylic acids is 2. The summed E-state index contributed by atoms with van der Waals surface area (Å²) in [5.41, 5.74) is 1.33. The van der Waals surface area contributed by atoms with Gasteiger partial charge >= 0.3 is 5.97 Å². The number of carbonyl (C=O) groups is 2. The highest BCUT2D eigenvalue weighted by Crippen LogP contribution is 2.30. The molecule has 0 radical (unpaired) electrons. The predicted octanol–water partition coefficient (Wildman–Crippen LogP) is 2.85. The molecule has 0 saturated heterocycles. The minimum atomic E-state index is -3.76. The third-order valence-corrected chi connectivity index (χ3v) is 7.10. The van der Waals surface area contributed by atoms with Gasteiger partial charge in [0.15, 0.2) is 11.5 Å². The molecule has 0 aliphatic carbocycles. The first-order valence-electron chi connectivity index (χ1n) is 10.5. The third kappa shape index (κ3) is 8.79. The van der Waals surface area contributed by atoms with Gasteiger partial charge in [0.05, 0.1) is 44.1 Å². The van der Waals surface area contributed by atoms with Gasteiger partial charge in [-0.3, -0.25) is 14.3 Å². The minimum absolute atomic E-state index is 0.0856. The number of nitrogens with one attached hydrogen (secondary N) is 2. The summed E-state index contributed by atoms with van der Waals surface area (Å²) < 4.78 is 42.9. The lowest BCUT2D eigenvalue weighted by Crippen LogP contribution is -2.26. The van der Waals surface area contributed by atoms with Crippen molar-refractivity contribution in [3.8, 4) is 11.5 Å². The number of hydrogen-bond acceptors (Lipinski definition) is 8. The van der Waals surface area contributed by atoms with Crippen LogP contribution in [-0.4, -0.2) is 59.7 Å². The summed E-state index contributed by atoms with van der Waals surface area (Å²) in [7, 11) is 0.558. The smallest absolute Gasteiger partial charge is 0.306 e. The maximum Gasteiger partial charge on any atom is 0.306 e. The Labute approximate surface area is 204 Å². The first-order chi connectivity index (χ1) is 16.3. The Balaban J connectivity index is 1.79. The number of amides is 1. The molecule has 0 saturated carbocycles. The average molecular weight is 511 g/mol. The maximum absolute atomic E-state index is 12.7. The summed E-state index contributed by atoms with van der Waals surface area (Å²) in [4.78, 5) is 23.0. The molecule has 2 aromatic rings. The molecule has 0 spiro atoms.